The predicted octanol–water partition coefficient (Wildman–Crippen LogP) is 2.49. The Bertz CT molecular complexity index is 977. The summed E-state index contributed by atoms with van der Waals surface area (Å²) in [5, 5.41) is 0. The van der Waals surface area contributed by atoms with Crippen molar-refractivity contribution in [3.8, 4) is 22.9 Å². The second-order valence-electron chi connectivity index (χ2n) is 5.69. The SMILES string of the molecule is CCOc1ncc(Cn2cnc(C(N)=O)c2)cc1-c1ccnc(OC(F)F)c1. The van der Waals surface area contributed by atoms with Crippen LogP contribution in [0.5, 0.6) is 11.8 Å². The smallest absolute Gasteiger partial charge is 0.388 e. The zero-order valence-corrected chi connectivity index (χ0v) is 14.9. The van der Waals surface area contributed by atoms with E-state index in [4.69, 9.17) is 10.5 Å². The van der Waals surface area contributed by atoms with E-state index in [0.29, 0.717) is 30.2 Å². The number of primary amides is 1. The number of carbonyl (C=O) groups excluding carboxylic acids is 1. The van der Waals surface area contributed by atoms with E-state index < -0.39 is 12.5 Å². The molecule has 146 valence electrons. The average Bonchev–Trinajstić information content (AvgIpc) is 3.12. The Morgan fingerprint density at radius 3 is 2.79 bits per heavy atom. The van der Waals surface area contributed by atoms with Crippen LogP contribution in [0.15, 0.2) is 43.1 Å². The Balaban J connectivity index is 1.94. The van der Waals surface area contributed by atoms with Crippen molar-refractivity contribution in [1.82, 2.24) is 19.5 Å². The van der Waals surface area contributed by atoms with Crippen molar-refractivity contribution in [1.29, 1.82) is 0 Å². The van der Waals surface area contributed by atoms with Crippen molar-refractivity contribution >= 4 is 5.91 Å². The first-order valence-electron chi connectivity index (χ1n) is 8.30. The first-order chi connectivity index (χ1) is 13.5. The Morgan fingerprint density at radius 1 is 1.29 bits per heavy atom. The van der Waals surface area contributed by atoms with Gasteiger partial charge in [-0.25, -0.2) is 15.0 Å². The van der Waals surface area contributed by atoms with Gasteiger partial charge in [0.05, 0.1) is 19.5 Å². The van der Waals surface area contributed by atoms with Crippen LogP contribution in [0.1, 0.15) is 23.0 Å². The highest BCUT2D eigenvalue weighted by atomic mass is 19.3. The van der Waals surface area contributed by atoms with Gasteiger partial charge in [0.25, 0.3) is 5.91 Å². The standard InChI is InChI=1S/C18H17F2N5O3/c1-2-27-17-13(12-3-4-22-15(6-12)28-18(19)20)5-11(7-23-17)8-25-9-14(16(21)26)24-10-25/h3-7,9-10,18H,2,8H2,1H3,(H2,21,26). The number of carbonyl (C=O) groups is 1. The topological polar surface area (TPSA) is 105 Å². The van der Waals surface area contributed by atoms with E-state index in [1.54, 1.807) is 16.8 Å². The van der Waals surface area contributed by atoms with Gasteiger partial charge in [-0.2, -0.15) is 8.78 Å². The maximum absolute atomic E-state index is 12.5. The Morgan fingerprint density at radius 2 is 2.11 bits per heavy atom. The summed E-state index contributed by atoms with van der Waals surface area (Å²) in [6.07, 6.45) is 6.00. The molecule has 0 saturated carbocycles. The molecule has 8 nitrogen and oxygen atoms in total. The minimum absolute atomic E-state index is 0.155. The number of amides is 1. The van der Waals surface area contributed by atoms with Crippen LogP contribution in [-0.4, -0.2) is 38.6 Å². The average molecular weight is 389 g/mol. The van der Waals surface area contributed by atoms with Crippen molar-refractivity contribution in [2.45, 2.75) is 20.1 Å². The van der Waals surface area contributed by atoms with Gasteiger partial charge < -0.3 is 19.8 Å². The Hall–Kier alpha value is -3.56. The first kappa shape index (κ1) is 19.2. The van der Waals surface area contributed by atoms with Gasteiger partial charge in [-0.3, -0.25) is 4.79 Å². The van der Waals surface area contributed by atoms with Crippen LogP contribution in [-0.2, 0) is 6.54 Å². The van der Waals surface area contributed by atoms with Crippen LogP contribution >= 0.6 is 0 Å². The number of nitrogens with two attached hydrogens (primary N) is 1. The molecule has 0 bridgehead atoms. The van der Waals surface area contributed by atoms with Gasteiger partial charge in [0.15, 0.2) is 0 Å². The second-order valence-corrected chi connectivity index (χ2v) is 5.69. The molecular formula is C18H17F2N5O3. The minimum atomic E-state index is -2.97. The van der Waals surface area contributed by atoms with Gasteiger partial charge >= 0.3 is 6.61 Å². The molecule has 0 aromatic carbocycles. The van der Waals surface area contributed by atoms with E-state index in [0.717, 1.165) is 5.56 Å². The number of rotatable bonds is 8. The maximum Gasteiger partial charge on any atom is 0.388 e. The number of halogens is 2. The number of hydrogen-bond donors (Lipinski definition) is 1. The molecule has 3 aromatic rings. The number of pyridine rings is 2. The van der Waals surface area contributed by atoms with Gasteiger partial charge in [-0.05, 0) is 30.2 Å². The number of hydrogen-bond acceptors (Lipinski definition) is 6. The van der Waals surface area contributed by atoms with E-state index in [1.807, 2.05) is 13.0 Å². The van der Waals surface area contributed by atoms with Crippen LogP contribution in [0.3, 0.4) is 0 Å². The van der Waals surface area contributed by atoms with E-state index in [1.165, 1.54) is 24.8 Å². The fraction of sp³-hybridized carbons (Fsp3) is 0.222. The van der Waals surface area contributed by atoms with Crippen molar-refractivity contribution in [2.24, 2.45) is 5.73 Å². The fourth-order valence-corrected chi connectivity index (χ4v) is 2.56. The van der Waals surface area contributed by atoms with E-state index in [9.17, 15) is 13.6 Å². The summed E-state index contributed by atoms with van der Waals surface area (Å²) in [5.74, 6) is -0.474. The molecule has 0 radical (unpaired) electrons. The summed E-state index contributed by atoms with van der Waals surface area (Å²) in [7, 11) is 0. The minimum Gasteiger partial charge on any atom is -0.478 e. The van der Waals surface area contributed by atoms with Gasteiger partial charge in [0, 0.05) is 30.2 Å². The van der Waals surface area contributed by atoms with Crippen LogP contribution in [0, 0.1) is 0 Å². The lowest BCUT2D eigenvalue weighted by atomic mass is 10.1. The molecule has 3 rings (SSSR count). The molecule has 0 fully saturated rings. The molecule has 0 aliphatic rings. The van der Waals surface area contributed by atoms with Crippen LogP contribution in [0.4, 0.5) is 8.78 Å². The molecule has 0 saturated heterocycles. The summed E-state index contributed by atoms with van der Waals surface area (Å²) in [4.78, 5) is 23.2. The third kappa shape index (κ3) is 4.58. The number of nitrogens with zero attached hydrogens (tertiary/aromatic N) is 4. The lowest BCUT2D eigenvalue weighted by molar-refractivity contribution is -0.0528. The monoisotopic (exact) mass is 389 g/mol. The third-order valence-electron chi connectivity index (χ3n) is 3.70. The summed E-state index contributed by atoms with van der Waals surface area (Å²) in [6, 6.07) is 4.84. The molecule has 10 heteroatoms. The molecule has 0 aliphatic carbocycles. The van der Waals surface area contributed by atoms with Crippen LogP contribution in [0.25, 0.3) is 11.1 Å². The van der Waals surface area contributed by atoms with Crippen LogP contribution < -0.4 is 15.2 Å². The van der Waals surface area contributed by atoms with E-state index in [-0.39, 0.29) is 11.6 Å². The van der Waals surface area contributed by atoms with Crippen molar-refractivity contribution in [2.75, 3.05) is 6.61 Å². The lowest BCUT2D eigenvalue weighted by Gasteiger charge is -2.12. The normalized spacial score (nSPS) is 10.9. The van der Waals surface area contributed by atoms with Crippen LogP contribution in [0.2, 0.25) is 0 Å². The highest BCUT2D eigenvalue weighted by Gasteiger charge is 2.13. The maximum atomic E-state index is 12.5. The summed E-state index contributed by atoms with van der Waals surface area (Å²) >= 11 is 0. The van der Waals surface area contributed by atoms with Gasteiger partial charge in [0.2, 0.25) is 11.8 Å². The highest BCUT2D eigenvalue weighted by molar-refractivity contribution is 5.90. The largest absolute Gasteiger partial charge is 0.478 e. The molecule has 3 aromatic heterocycles. The molecule has 0 aliphatic heterocycles. The zero-order chi connectivity index (χ0) is 20.1. The highest BCUT2D eigenvalue weighted by Crippen LogP contribution is 2.31. The fourth-order valence-electron chi connectivity index (χ4n) is 2.56. The molecule has 0 unspecified atom stereocenters. The molecule has 28 heavy (non-hydrogen) atoms. The molecule has 2 N–H and O–H groups in total. The quantitative estimate of drug-likeness (QED) is 0.635. The number of alkyl halides is 2. The van der Waals surface area contributed by atoms with E-state index in [2.05, 4.69) is 19.7 Å². The Labute approximate surface area is 159 Å². The summed E-state index contributed by atoms with van der Waals surface area (Å²) < 4.78 is 36.6. The second kappa shape index (κ2) is 8.42. The molecule has 0 atom stereocenters. The number of aromatic nitrogens is 4. The summed E-state index contributed by atoms with van der Waals surface area (Å²) in [5.41, 5.74) is 7.30. The van der Waals surface area contributed by atoms with E-state index >= 15 is 0 Å². The number of imidazole rings is 1. The molecule has 1 amide bonds. The Kier molecular flexibility index (Phi) is 5.78. The summed E-state index contributed by atoms with van der Waals surface area (Å²) in [6.45, 7) is -0.403. The van der Waals surface area contributed by atoms with Gasteiger partial charge in [-0.15, -0.1) is 0 Å². The molecular weight excluding hydrogens is 372 g/mol. The van der Waals surface area contributed by atoms with Crippen molar-refractivity contribution in [3.63, 3.8) is 0 Å². The van der Waals surface area contributed by atoms with Gasteiger partial charge in [0.1, 0.15) is 5.69 Å². The van der Waals surface area contributed by atoms with Crippen molar-refractivity contribution in [3.05, 3.63) is 54.4 Å². The first-order valence-corrected chi connectivity index (χ1v) is 8.30. The predicted molar refractivity (Wildman–Crippen MR) is 95.1 cm³/mol. The van der Waals surface area contributed by atoms with Gasteiger partial charge in [-0.1, -0.05) is 0 Å². The molecule has 0 spiro atoms. The number of ether oxygens (including phenoxy) is 2. The lowest BCUT2D eigenvalue weighted by Crippen LogP contribution is -2.11. The third-order valence-corrected chi connectivity index (χ3v) is 3.70. The van der Waals surface area contributed by atoms with Crippen molar-refractivity contribution < 1.29 is 23.0 Å². The zero-order valence-electron chi connectivity index (χ0n) is 14.9. The molecule has 3 heterocycles.